The van der Waals surface area contributed by atoms with Crippen molar-refractivity contribution in [3.8, 4) is 11.5 Å². The van der Waals surface area contributed by atoms with Crippen molar-refractivity contribution < 1.29 is 28.6 Å². The number of methoxy groups -OCH3 is 1. The van der Waals surface area contributed by atoms with Crippen LogP contribution in [0.4, 0.5) is 4.79 Å². The van der Waals surface area contributed by atoms with Crippen molar-refractivity contribution in [2.75, 3.05) is 7.11 Å². The predicted octanol–water partition coefficient (Wildman–Crippen LogP) is 5.48. The van der Waals surface area contributed by atoms with Crippen molar-refractivity contribution >= 4 is 18.0 Å². The van der Waals surface area contributed by atoms with Gasteiger partial charge in [-0.15, -0.1) is 0 Å². The Morgan fingerprint density at radius 1 is 1.20 bits per heavy atom. The molecule has 0 aliphatic rings. The Morgan fingerprint density at radius 2 is 1.91 bits per heavy atom. The fourth-order valence-electron chi connectivity index (χ4n) is 3.36. The van der Waals surface area contributed by atoms with Crippen LogP contribution in [0.3, 0.4) is 0 Å². The molecule has 1 atom stereocenters. The van der Waals surface area contributed by atoms with Gasteiger partial charge in [0.1, 0.15) is 22.8 Å². The fourth-order valence-corrected chi connectivity index (χ4v) is 3.36. The molecule has 1 aromatic heterocycles. The highest BCUT2D eigenvalue weighted by Crippen LogP contribution is 2.27. The molecule has 0 aliphatic carbocycles. The van der Waals surface area contributed by atoms with Crippen LogP contribution in [-0.2, 0) is 4.74 Å². The van der Waals surface area contributed by atoms with Crippen molar-refractivity contribution in [3.63, 3.8) is 0 Å². The standard InChI is InChI=1S/C27H33NO7/c1-16(2)34-21-11-10-20(18(4)14-21)13-19(5)25(30)24-22(29)15-23(35-26(24)31)17(3)9-7-8-12-28-27(32)33-6/h8,10-17,29H,7,9H2,1-6H3,(H,28,32)/b12-8+,19-13+. The predicted molar refractivity (Wildman–Crippen MR) is 134 cm³/mol. The van der Waals surface area contributed by atoms with E-state index < -0.39 is 28.8 Å². The number of ketones is 1. The lowest BCUT2D eigenvalue weighted by atomic mass is 9.98. The summed E-state index contributed by atoms with van der Waals surface area (Å²) in [6.07, 6.45) is 5.52. The average molecular weight is 484 g/mol. The second-order valence-corrected chi connectivity index (χ2v) is 8.55. The molecule has 0 bridgehead atoms. The highest BCUT2D eigenvalue weighted by atomic mass is 16.5. The summed E-state index contributed by atoms with van der Waals surface area (Å²) < 4.78 is 15.5. The largest absolute Gasteiger partial charge is 0.507 e. The Bertz CT molecular complexity index is 1170. The number of hydrogen-bond acceptors (Lipinski definition) is 7. The molecule has 2 aromatic rings. The van der Waals surface area contributed by atoms with Gasteiger partial charge in [0.2, 0.25) is 0 Å². The van der Waals surface area contributed by atoms with E-state index in [1.54, 1.807) is 19.1 Å². The number of alkyl carbamates (subject to hydrolysis) is 1. The zero-order valence-corrected chi connectivity index (χ0v) is 21.0. The van der Waals surface area contributed by atoms with Crippen molar-refractivity contribution in [1.29, 1.82) is 0 Å². The van der Waals surface area contributed by atoms with E-state index in [0.717, 1.165) is 16.9 Å². The lowest BCUT2D eigenvalue weighted by Gasteiger charge is -2.12. The first-order valence-electron chi connectivity index (χ1n) is 11.4. The molecule has 2 rings (SSSR count). The smallest absolute Gasteiger partial charge is 0.410 e. The summed E-state index contributed by atoms with van der Waals surface area (Å²) in [6.45, 7) is 9.21. The molecule has 0 saturated heterocycles. The van der Waals surface area contributed by atoms with E-state index in [1.807, 2.05) is 45.9 Å². The minimum Gasteiger partial charge on any atom is -0.507 e. The molecule has 1 amide bonds. The van der Waals surface area contributed by atoms with Crippen LogP contribution in [0.2, 0.25) is 0 Å². The molecule has 0 saturated carbocycles. The molecule has 1 unspecified atom stereocenters. The SMILES string of the molecule is COC(=O)N/C=C/CCC(C)c1cc(O)c(C(=O)/C(C)=C/c2ccc(OC(C)C)cc2C)c(=O)o1. The first-order chi connectivity index (χ1) is 16.5. The van der Waals surface area contributed by atoms with Crippen molar-refractivity contribution in [2.45, 2.75) is 59.5 Å². The summed E-state index contributed by atoms with van der Waals surface area (Å²) in [5.74, 6) is -0.213. The minimum absolute atomic E-state index is 0.0482. The third-order valence-corrected chi connectivity index (χ3v) is 5.28. The molecule has 8 nitrogen and oxygen atoms in total. The Morgan fingerprint density at radius 3 is 2.51 bits per heavy atom. The quantitative estimate of drug-likeness (QED) is 0.340. The zero-order valence-electron chi connectivity index (χ0n) is 21.0. The van der Waals surface area contributed by atoms with Gasteiger partial charge in [-0.2, -0.15) is 0 Å². The molecule has 35 heavy (non-hydrogen) atoms. The number of ether oxygens (including phenoxy) is 2. The van der Waals surface area contributed by atoms with E-state index in [4.69, 9.17) is 9.15 Å². The van der Waals surface area contributed by atoms with Crippen LogP contribution >= 0.6 is 0 Å². The molecular weight excluding hydrogens is 450 g/mol. The van der Waals surface area contributed by atoms with Crippen LogP contribution in [0.25, 0.3) is 6.08 Å². The minimum atomic E-state index is -0.884. The van der Waals surface area contributed by atoms with Gasteiger partial charge < -0.3 is 19.0 Å². The molecule has 2 N–H and O–H groups in total. The van der Waals surface area contributed by atoms with Crippen molar-refractivity contribution in [3.05, 3.63) is 75.0 Å². The average Bonchev–Trinajstić information content (AvgIpc) is 2.79. The summed E-state index contributed by atoms with van der Waals surface area (Å²) in [7, 11) is 1.27. The van der Waals surface area contributed by atoms with E-state index in [1.165, 1.54) is 19.4 Å². The van der Waals surface area contributed by atoms with Crippen LogP contribution < -0.4 is 15.7 Å². The maximum Gasteiger partial charge on any atom is 0.410 e. The normalized spacial score (nSPS) is 12.6. The Kier molecular flexibility index (Phi) is 9.87. The van der Waals surface area contributed by atoms with Gasteiger partial charge in [0.15, 0.2) is 5.78 Å². The summed E-state index contributed by atoms with van der Waals surface area (Å²) in [5.41, 5.74) is 0.721. The van der Waals surface area contributed by atoms with Gasteiger partial charge in [-0.05, 0) is 75.4 Å². The highest BCUT2D eigenvalue weighted by Gasteiger charge is 2.22. The molecule has 0 spiro atoms. The molecule has 0 radical (unpaired) electrons. The lowest BCUT2D eigenvalue weighted by molar-refractivity contribution is 0.102. The first-order valence-corrected chi connectivity index (χ1v) is 11.4. The van der Waals surface area contributed by atoms with E-state index in [2.05, 4.69) is 10.1 Å². The Hall–Kier alpha value is -3.81. The van der Waals surface area contributed by atoms with E-state index in [-0.39, 0.29) is 23.4 Å². The topological polar surface area (TPSA) is 115 Å². The summed E-state index contributed by atoms with van der Waals surface area (Å²) in [4.78, 5) is 36.6. The van der Waals surface area contributed by atoms with Gasteiger partial charge in [-0.1, -0.05) is 19.1 Å². The zero-order chi connectivity index (χ0) is 26.1. The number of amides is 1. The maximum absolute atomic E-state index is 13.0. The van der Waals surface area contributed by atoms with Crippen LogP contribution in [0.15, 0.2) is 51.3 Å². The molecule has 1 aromatic carbocycles. The van der Waals surface area contributed by atoms with Gasteiger partial charge in [0, 0.05) is 18.2 Å². The highest BCUT2D eigenvalue weighted by molar-refractivity contribution is 6.12. The van der Waals surface area contributed by atoms with Gasteiger partial charge in [-0.3, -0.25) is 10.1 Å². The molecule has 188 valence electrons. The third-order valence-electron chi connectivity index (χ3n) is 5.28. The van der Waals surface area contributed by atoms with Gasteiger partial charge in [0.05, 0.1) is 13.2 Å². The van der Waals surface area contributed by atoms with Crippen molar-refractivity contribution in [2.24, 2.45) is 0 Å². The first kappa shape index (κ1) is 27.4. The number of rotatable bonds is 10. The lowest BCUT2D eigenvalue weighted by Crippen LogP contribution is -2.17. The van der Waals surface area contributed by atoms with Crippen molar-refractivity contribution in [1.82, 2.24) is 5.32 Å². The number of carbonyl (C=O) groups is 2. The monoisotopic (exact) mass is 483 g/mol. The summed E-state index contributed by atoms with van der Waals surface area (Å²) >= 11 is 0. The van der Waals surface area contributed by atoms with Gasteiger partial charge >= 0.3 is 11.7 Å². The van der Waals surface area contributed by atoms with Gasteiger partial charge in [-0.25, -0.2) is 9.59 Å². The summed E-state index contributed by atoms with van der Waals surface area (Å²) in [6, 6.07) is 6.85. The Balaban J connectivity index is 2.16. The van der Waals surface area contributed by atoms with E-state index in [9.17, 15) is 19.5 Å². The molecule has 0 fully saturated rings. The number of aromatic hydroxyl groups is 1. The maximum atomic E-state index is 13.0. The number of nitrogens with one attached hydrogen (secondary N) is 1. The molecular formula is C27H33NO7. The second-order valence-electron chi connectivity index (χ2n) is 8.55. The number of carbonyl (C=O) groups excluding carboxylic acids is 2. The third kappa shape index (κ3) is 7.88. The van der Waals surface area contributed by atoms with Crippen LogP contribution in [0, 0.1) is 6.92 Å². The van der Waals surface area contributed by atoms with Crippen LogP contribution in [0.1, 0.15) is 73.7 Å². The number of Topliss-reactive ketones (excluding diaryl/α,β-unsaturated/α-hetero) is 1. The second kappa shape index (κ2) is 12.6. The van der Waals surface area contributed by atoms with Gasteiger partial charge in [0.25, 0.3) is 0 Å². The number of benzene rings is 1. The Labute approximate surface area is 205 Å². The van der Waals surface area contributed by atoms with Crippen LogP contribution in [0.5, 0.6) is 11.5 Å². The number of allylic oxidation sites excluding steroid dienone is 2. The molecule has 0 aliphatic heterocycles. The fraction of sp³-hybridized carbons (Fsp3) is 0.370. The number of aryl methyl sites for hydroxylation is 1. The number of hydrogen-bond donors (Lipinski definition) is 2. The van der Waals surface area contributed by atoms with E-state index in [0.29, 0.717) is 12.8 Å². The van der Waals surface area contributed by atoms with E-state index >= 15 is 0 Å². The molecule has 8 heteroatoms. The molecule has 1 heterocycles. The van der Waals surface area contributed by atoms with Crippen LogP contribution in [-0.4, -0.2) is 30.2 Å². The summed E-state index contributed by atoms with van der Waals surface area (Å²) in [5, 5.41) is 12.9.